The minimum absolute atomic E-state index is 0.266. The second kappa shape index (κ2) is 14.3. The Morgan fingerprint density at radius 3 is 2.09 bits per heavy atom. The van der Waals surface area contributed by atoms with Crippen molar-refractivity contribution >= 4 is 56.4 Å². The normalized spacial score (nSPS) is 10.6. The number of amides is 2. The van der Waals surface area contributed by atoms with Crippen LogP contribution in [0.5, 0.6) is 5.88 Å². The molecule has 0 unspecified atom stereocenters. The molecular weight excluding hydrogens is 625 g/mol. The molecule has 0 aliphatic carbocycles. The molecule has 4 heterocycles. The van der Waals surface area contributed by atoms with Gasteiger partial charge in [-0.25, -0.2) is 24.9 Å². The fourth-order valence-electron chi connectivity index (χ4n) is 4.14. The van der Waals surface area contributed by atoms with Crippen molar-refractivity contribution in [1.82, 2.24) is 40.5 Å². The van der Waals surface area contributed by atoms with Gasteiger partial charge < -0.3 is 26.0 Å². The summed E-state index contributed by atoms with van der Waals surface area (Å²) in [6.07, 6.45) is 3.05. The van der Waals surface area contributed by atoms with Gasteiger partial charge in [-0.1, -0.05) is 48.5 Å². The highest BCUT2D eigenvalue weighted by Gasteiger charge is 2.15. The van der Waals surface area contributed by atoms with Crippen LogP contribution in [0.1, 0.15) is 32.1 Å². The summed E-state index contributed by atoms with van der Waals surface area (Å²) in [4.78, 5) is 51.3. The van der Waals surface area contributed by atoms with Gasteiger partial charge in [0.15, 0.2) is 16.1 Å². The van der Waals surface area contributed by atoms with Gasteiger partial charge in [0, 0.05) is 41.7 Å². The summed E-state index contributed by atoms with van der Waals surface area (Å²) in [7, 11) is 1.52. The molecule has 0 aliphatic heterocycles. The molecule has 0 aliphatic rings. The minimum Gasteiger partial charge on any atom is -0.481 e. The number of benzene rings is 2. The molecule has 15 heteroatoms. The molecule has 230 valence electrons. The zero-order valence-corrected chi connectivity index (χ0v) is 25.9. The number of carbonyl (C=O) groups is 2. The van der Waals surface area contributed by atoms with Gasteiger partial charge >= 0.3 is 0 Å². The van der Waals surface area contributed by atoms with E-state index in [2.05, 4.69) is 51.2 Å². The van der Waals surface area contributed by atoms with Crippen molar-refractivity contribution in [2.24, 2.45) is 0 Å². The van der Waals surface area contributed by atoms with Crippen LogP contribution in [-0.4, -0.2) is 48.8 Å². The lowest BCUT2D eigenvalue weighted by atomic mass is 10.1. The molecule has 6 aromatic rings. The Bertz CT molecular complexity index is 1950. The van der Waals surface area contributed by atoms with Crippen LogP contribution in [0.2, 0.25) is 0 Å². The van der Waals surface area contributed by atoms with Crippen molar-refractivity contribution in [3.05, 3.63) is 113 Å². The average Bonchev–Trinajstić information content (AvgIpc) is 3.77. The van der Waals surface area contributed by atoms with Gasteiger partial charge in [0.05, 0.1) is 7.11 Å². The van der Waals surface area contributed by atoms with Crippen LogP contribution < -0.4 is 26.0 Å². The Morgan fingerprint density at radius 2 is 1.41 bits per heavy atom. The number of aromatic nitrogens is 6. The van der Waals surface area contributed by atoms with Gasteiger partial charge in [0.2, 0.25) is 5.88 Å². The van der Waals surface area contributed by atoms with E-state index in [4.69, 9.17) is 4.74 Å². The number of thiazole rings is 2. The molecule has 6 rings (SSSR count). The molecule has 0 spiro atoms. The smallest absolute Gasteiger partial charge is 0.271 e. The lowest BCUT2D eigenvalue weighted by Crippen LogP contribution is -2.23. The molecule has 2 aromatic carbocycles. The molecule has 0 saturated carbocycles. The highest BCUT2D eigenvalue weighted by molar-refractivity contribution is 7.14. The van der Waals surface area contributed by atoms with E-state index in [9.17, 15) is 9.59 Å². The number of nitrogens with one attached hydrogen (secondary N) is 4. The minimum atomic E-state index is -0.307. The maximum absolute atomic E-state index is 12.8. The maximum atomic E-state index is 12.8. The summed E-state index contributed by atoms with van der Waals surface area (Å²) < 4.78 is 5.42. The predicted octanol–water partition coefficient (Wildman–Crippen LogP) is 5.20. The van der Waals surface area contributed by atoms with Crippen LogP contribution in [0.15, 0.2) is 90.0 Å². The molecule has 13 nitrogen and oxygen atoms in total. The first kappa shape index (κ1) is 30.2. The Hall–Kier alpha value is -5.80. The predicted molar refractivity (Wildman–Crippen MR) is 176 cm³/mol. The average molecular weight is 651 g/mol. The number of anilines is 4. The van der Waals surface area contributed by atoms with Gasteiger partial charge in [0.1, 0.15) is 29.4 Å². The van der Waals surface area contributed by atoms with Crippen LogP contribution in [0.25, 0.3) is 11.4 Å². The van der Waals surface area contributed by atoms with Crippen molar-refractivity contribution in [3.8, 4) is 17.3 Å². The third-order valence-electron chi connectivity index (χ3n) is 6.37. The molecule has 4 N–H and O–H groups in total. The van der Waals surface area contributed by atoms with Crippen LogP contribution in [0, 0.1) is 0 Å². The van der Waals surface area contributed by atoms with Crippen molar-refractivity contribution in [2.75, 3.05) is 17.7 Å². The highest BCUT2D eigenvalue weighted by Crippen LogP contribution is 2.26. The number of hydrogen-bond donors (Lipinski definition) is 4. The molecular formula is C31H26N10O3S2. The lowest BCUT2D eigenvalue weighted by molar-refractivity contribution is 0.0939. The molecule has 0 radical (unpaired) electrons. The van der Waals surface area contributed by atoms with E-state index in [1.807, 2.05) is 54.6 Å². The maximum Gasteiger partial charge on any atom is 0.271 e. The first-order valence-electron chi connectivity index (χ1n) is 13.9. The fourth-order valence-corrected chi connectivity index (χ4v) is 5.53. The number of hydrogen-bond acceptors (Lipinski definition) is 13. The number of nitrogens with zero attached hydrogens (tertiary/aromatic N) is 6. The number of ether oxygens (including phenoxy) is 1. The van der Waals surface area contributed by atoms with E-state index in [-0.39, 0.29) is 18.4 Å². The summed E-state index contributed by atoms with van der Waals surface area (Å²) >= 11 is 2.58. The molecule has 0 saturated heterocycles. The highest BCUT2D eigenvalue weighted by atomic mass is 32.1. The van der Waals surface area contributed by atoms with Gasteiger partial charge in [-0.15, -0.1) is 22.7 Å². The van der Waals surface area contributed by atoms with Crippen molar-refractivity contribution < 1.29 is 14.3 Å². The number of carbonyl (C=O) groups excluding carboxylic acids is 2. The number of methoxy groups -OCH3 is 1. The van der Waals surface area contributed by atoms with Crippen molar-refractivity contribution in [1.29, 1.82) is 0 Å². The summed E-state index contributed by atoms with van der Waals surface area (Å²) in [6, 6.07) is 20.5. The third-order valence-corrected chi connectivity index (χ3v) is 7.89. The van der Waals surface area contributed by atoms with E-state index >= 15 is 0 Å². The molecule has 0 atom stereocenters. The summed E-state index contributed by atoms with van der Waals surface area (Å²) in [5.74, 6) is 1.21. The van der Waals surface area contributed by atoms with Crippen LogP contribution >= 0.6 is 22.7 Å². The second-order valence-corrected chi connectivity index (χ2v) is 11.3. The molecule has 0 bridgehead atoms. The zero-order chi connectivity index (χ0) is 31.7. The molecule has 46 heavy (non-hydrogen) atoms. The SMILES string of the molecule is COc1cc(Nc2nc(C(=O)NCc3ccccc3)cs2)nc(-c2cccc(CNC(=O)c3csc(Nc4ccncn4)n3)c2)n1. The van der Waals surface area contributed by atoms with Crippen LogP contribution in [-0.2, 0) is 13.1 Å². The van der Waals surface area contributed by atoms with Gasteiger partial charge in [-0.2, -0.15) is 4.98 Å². The van der Waals surface area contributed by atoms with E-state index in [1.54, 1.807) is 29.1 Å². The fraction of sp³-hybridized carbons (Fsp3) is 0.0968. The molecule has 4 aromatic heterocycles. The number of rotatable bonds is 12. The van der Waals surface area contributed by atoms with Crippen LogP contribution in [0.3, 0.4) is 0 Å². The van der Waals surface area contributed by atoms with Gasteiger partial charge in [0.25, 0.3) is 11.8 Å². The lowest BCUT2D eigenvalue weighted by Gasteiger charge is -2.09. The summed E-state index contributed by atoms with van der Waals surface area (Å²) in [6.45, 7) is 0.672. The summed E-state index contributed by atoms with van der Waals surface area (Å²) in [5, 5.41) is 16.4. The largest absolute Gasteiger partial charge is 0.481 e. The first-order chi connectivity index (χ1) is 22.5. The van der Waals surface area contributed by atoms with E-state index in [0.717, 1.165) is 16.7 Å². The molecule has 2 amide bonds. The zero-order valence-electron chi connectivity index (χ0n) is 24.3. The molecule has 0 fully saturated rings. The standard InChI is InChI=1S/C31H26N10O3S2/c1-44-26-13-25(40-31-37-22(17-46-31)28(42)33-14-19-6-3-2-4-7-19)38-27(41-26)21-9-5-8-20(12-21)15-34-29(43)23-16-45-30(36-23)39-24-10-11-32-18-35-24/h2-13,16-18H,14-15H2,1H3,(H,33,42)(H,34,43)(H,32,35,36,39)(H,37,38,40,41). The first-order valence-corrected chi connectivity index (χ1v) is 15.6. The van der Waals surface area contributed by atoms with Crippen LogP contribution in [0.4, 0.5) is 21.9 Å². The van der Waals surface area contributed by atoms with E-state index in [1.165, 1.54) is 36.1 Å². The van der Waals surface area contributed by atoms with Gasteiger partial charge in [-0.3, -0.25) is 9.59 Å². The Labute approximate surface area is 271 Å². The second-order valence-electron chi connectivity index (χ2n) is 9.59. The van der Waals surface area contributed by atoms with Crippen molar-refractivity contribution in [3.63, 3.8) is 0 Å². The monoisotopic (exact) mass is 650 g/mol. The van der Waals surface area contributed by atoms with Gasteiger partial charge in [-0.05, 0) is 23.3 Å². The third kappa shape index (κ3) is 7.82. The topological polar surface area (TPSA) is 169 Å². The Kier molecular flexibility index (Phi) is 9.41. The summed E-state index contributed by atoms with van der Waals surface area (Å²) in [5.41, 5.74) is 3.16. The van der Waals surface area contributed by atoms with E-state index in [0.29, 0.717) is 51.5 Å². The quantitative estimate of drug-likeness (QED) is 0.137. The Morgan fingerprint density at radius 1 is 0.739 bits per heavy atom. The van der Waals surface area contributed by atoms with Crippen molar-refractivity contribution in [2.45, 2.75) is 13.1 Å². The Balaban J connectivity index is 1.09. The van der Waals surface area contributed by atoms with E-state index < -0.39 is 0 Å².